The van der Waals surface area contributed by atoms with Crippen LogP contribution >= 0.6 is 0 Å². The Morgan fingerprint density at radius 3 is 1.95 bits per heavy atom. The summed E-state index contributed by atoms with van der Waals surface area (Å²) >= 11 is 0. The first-order valence-electron chi connectivity index (χ1n) is 7.33. The summed E-state index contributed by atoms with van der Waals surface area (Å²) in [6, 6.07) is 24.7. The van der Waals surface area contributed by atoms with E-state index in [2.05, 4.69) is 60.4 Å². The maximum atomic E-state index is 5.80. The van der Waals surface area contributed by atoms with E-state index in [1.165, 1.54) is 16.7 Å². The number of rotatable bonds is 2. The largest absolute Gasteiger partial charge is 0.436 e. The molecule has 0 N–H and O–H groups in total. The van der Waals surface area contributed by atoms with Gasteiger partial charge in [-0.3, -0.25) is 0 Å². The Balaban J connectivity index is 1.70. The summed E-state index contributed by atoms with van der Waals surface area (Å²) < 4.78 is 5.80. The van der Waals surface area contributed by atoms with Gasteiger partial charge in [0.25, 0.3) is 0 Å². The minimum Gasteiger partial charge on any atom is -0.436 e. The standard InChI is InChI=1S/C20H15NO/c1-14-6-8-15(9-7-14)16-10-12-17(13-11-16)20-21-18-4-2-3-5-19(18)22-20/h2-13H,1H3. The molecule has 0 radical (unpaired) electrons. The summed E-state index contributed by atoms with van der Waals surface area (Å²) in [6.45, 7) is 2.10. The van der Waals surface area contributed by atoms with Gasteiger partial charge in [0.2, 0.25) is 5.89 Å². The monoisotopic (exact) mass is 285 g/mol. The summed E-state index contributed by atoms with van der Waals surface area (Å²) in [5, 5.41) is 0. The molecule has 0 spiro atoms. The van der Waals surface area contributed by atoms with E-state index in [9.17, 15) is 0 Å². The first-order valence-corrected chi connectivity index (χ1v) is 7.33. The van der Waals surface area contributed by atoms with Crippen molar-refractivity contribution < 1.29 is 4.42 Å². The lowest BCUT2D eigenvalue weighted by Gasteiger charge is -2.03. The average molecular weight is 285 g/mol. The Bertz CT molecular complexity index is 885. The molecule has 3 aromatic carbocycles. The van der Waals surface area contributed by atoms with Crippen LogP contribution in [0.25, 0.3) is 33.7 Å². The van der Waals surface area contributed by atoms with E-state index in [0.717, 1.165) is 16.7 Å². The van der Waals surface area contributed by atoms with E-state index >= 15 is 0 Å². The van der Waals surface area contributed by atoms with Gasteiger partial charge in [-0.1, -0.05) is 54.1 Å². The normalized spacial score (nSPS) is 11.0. The van der Waals surface area contributed by atoms with Crippen LogP contribution in [0.4, 0.5) is 0 Å². The second-order valence-corrected chi connectivity index (χ2v) is 5.43. The minimum atomic E-state index is 0.664. The van der Waals surface area contributed by atoms with Gasteiger partial charge in [0.1, 0.15) is 5.52 Å². The van der Waals surface area contributed by atoms with Gasteiger partial charge in [-0.15, -0.1) is 0 Å². The van der Waals surface area contributed by atoms with Crippen molar-refractivity contribution in [3.63, 3.8) is 0 Å². The molecule has 1 aromatic heterocycles. The van der Waals surface area contributed by atoms with Crippen molar-refractivity contribution in [3.8, 4) is 22.6 Å². The molecule has 0 saturated carbocycles. The van der Waals surface area contributed by atoms with E-state index < -0.39 is 0 Å². The molecule has 0 fully saturated rings. The fourth-order valence-electron chi connectivity index (χ4n) is 2.55. The Morgan fingerprint density at radius 1 is 0.682 bits per heavy atom. The molecule has 2 heteroatoms. The summed E-state index contributed by atoms with van der Waals surface area (Å²) in [6.07, 6.45) is 0. The lowest BCUT2D eigenvalue weighted by Crippen LogP contribution is -1.81. The fourth-order valence-corrected chi connectivity index (χ4v) is 2.55. The Kier molecular flexibility index (Phi) is 3.01. The molecule has 0 atom stereocenters. The van der Waals surface area contributed by atoms with E-state index in [4.69, 9.17) is 4.42 Å². The number of oxazole rings is 1. The average Bonchev–Trinajstić information content (AvgIpc) is 3.00. The first-order chi connectivity index (χ1) is 10.8. The summed E-state index contributed by atoms with van der Waals surface area (Å²) in [5.74, 6) is 0.664. The number of nitrogens with zero attached hydrogens (tertiary/aromatic N) is 1. The Labute approximate surface area is 129 Å². The molecule has 2 nitrogen and oxygen atoms in total. The van der Waals surface area contributed by atoms with Crippen LogP contribution in [0.5, 0.6) is 0 Å². The number of hydrogen-bond donors (Lipinski definition) is 0. The third kappa shape index (κ3) is 2.29. The zero-order chi connectivity index (χ0) is 14.9. The quantitative estimate of drug-likeness (QED) is 0.488. The van der Waals surface area contributed by atoms with E-state index in [1.54, 1.807) is 0 Å². The van der Waals surface area contributed by atoms with Crippen LogP contribution in [0.2, 0.25) is 0 Å². The van der Waals surface area contributed by atoms with Crippen LogP contribution in [-0.4, -0.2) is 4.98 Å². The third-order valence-corrected chi connectivity index (χ3v) is 3.81. The molecule has 0 unspecified atom stereocenters. The number of hydrogen-bond acceptors (Lipinski definition) is 2. The number of para-hydroxylation sites is 2. The second-order valence-electron chi connectivity index (χ2n) is 5.43. The van der Waals surface area contributed by atoms with Gasteiger partial charge in [0, 0.05) is 5.56 Å². The minimum absolute atomic E-state index is 0.664. The van der Waals surface area contributed by atoms with E-state index in [-0.39, 0.29) is 0 Å². The number of aryl methyl sites for hydroxylation is 1. The van der Waals surface area contributed by atoms with E-state index in [1.807, 2.05) is 24.3 Å². The van der Waals surface area contributed by atoms with Crippen molar-refractivity contribution in [1.82, 2.24) is 4.98 Å². The first kappa shape index (κ1) is 12.8. The zero-order valence-corrected chi connectivity index (χ0v) is 12.3. The van der Waals surface area contributed by atoms with Gasteiger partial charge in [0.05, 0.1) is 0 Å². The zero-order valence-electron chi connectivity index (χ0n) is 12.3. The predicted molar refractivity (Wildman–Crippen MR) is 89.6 cm³/mol. The van der Waals surface area contributed by atoms with Crippen molar-refractivity contribution in [2.24, 2.45) is 0 Å². The third-order valence-electron chi connectivity index (χ3n) is 3.81. The number of benzene rings is 3. The fraction of sp³-hybridized carbons (Fsp3) is 0.0500. The smallest absolute Gasteiger partial charge is 0.227 e. The SMILES string of the molecule is Cc1ccc(-c2ccc(-c3nc4ccccc4o3)cc2)cc1. The highest BCUT2D eigenvalue weighted by molar-refractivity contribution is 5.76. The molecule has 1 heterocycles. The van der Waals surface area contributed by atoms with Crippen molar-refractivity contribution in [1.29, 1.82) is 0 Å². The molecule has 4 rings (SSSR count). The van der Waals surface area contributed by atoms with Crippen LogP contribution in [0.3, 0.4) is 0 Å². The highest BCUT2D eigenvalue weighted by Gasteiger charge is 2.07. The molecule has 106 valence electrons. The molecule has 22 heavy (non-hydrogen) atoms. The van der Waals surface area contributed by atoms with Crippen LogP contribution in [-0.2, 0) is 0 Å². The molecular formula is C20H15NO. The van der Waals surface area contributed by atoms with Gasteiger partial charge in [-0.2, -0.15) is 0 Å². The van der Waals surface area contributed by atoms with Crippen LogP contribution in [0.1, 0.15) is 5.56 Å². The Morgan fingerprint density at radius 2 is 1.27 bits per heavy atom. The van der Waals surface area contributed by atoms with Crippen LogP contribution in [0.15, 0.2) is 77.2 Å². The summed E-state index contributed by atoms with van der Waals surface area (Å²) in [4.78, 5) is 4.53. The highest BCUT2D eigenvalue weighted by atomic mass is 16.3. The predicted octanol–water partition coefficient (Wildman–Crippen LogP) is 5.47. The van der Waals surface area contributed by atoms with Gasteiger partial charge >= 0.3 is 0 Å². The van der Waals surface area contributed by atoms with Crippen molar-refractivity contribution >= 4 is 11.1 Å². The van der Waals surface area contributed by atoms with Gasteiger partial charge < -0.3 is 4.42 Å². The molecule has 0 bridgehead atoms. The summed E-state index contributed by atoms with van der Waals surface area (Å²) in [5.41, 5.74) is 6.38. The van der Waals surface area contributed by atoms with Gasteiger partial charge in [0.15, 0.2) is 5.58 Å². The Hall–Kier alpha value is -2.87. The topological polar surface area (TPSA) is 26.0 Å². The highest BCUT2D eigenvalue weighted by Crippen LogP contribution is 2.27. The maximum absolute atomic E-state index is 5.80. The maximum Gasteiger partial charge on any atom is 0.227 e. The van der Waals surface area contributed by atoms with Gasteiger partial charge in [-0.25, -0.2) is 4.98 Å². The molecular weight excluding hydrogens is 270 g/mol. The molecule has 0 aliphatic rings. The number of aromatic nitrogens is 1. The van der Waals surface area contributed by atoms with Crippen molar-refractivity contribution in [2.75, 3.05) is 0 Å². The second kappa shape index (κ2) is 5.15. The number of fused-ring (bicyclic) bond motifs is 1. The lowest BCUT2D eigenvalue weighted by atomic mass is 10.0. The van der Waals surface area contributed by atoms with E-state index in [0.29, 0.717) is 5.89 Å². The van der Waals surface area contributed by atoms with Crippen LogP contribution in [0, 0.1) is 6.92 Å². The molecule has 0 saturated heterocycles. The molecule has 0 aliphatic heterocycles. The van der Waals surface area contributed by atoms with Crippen molar-refractivity contribution in [2.45, 2.75) is 6.92 Å². The molecule has 0 aliphatic carbocycles. The van der Waals surface area contributed by atoms with Crippen LogP contribution < -0.4 is 0 Å². The van der Waals surface area contributed by atoms with Gasteiger partial charge in [-0.05, 0) is 42.3 Å². The molecule has 0 amide bonds. The lowest BCUT2D eigenvalue weighted by molar-refractivity contribution is 0.620. The summed E-state index contributed by atoms with van der Waals surface area (Å²) in [7, 11) is 0. The molecule has 4 aromatic rings. The van der Waals surface area contributed by atoms with Crippen molar-refractivity contribution in [3.05, 3.63) is 78.4 Å².